The van der Waals surface area contributed by atoms with E-state index in [2.05, 4.69) is 4.98 Å². The summed E-state index contributed by atoms with van der Waals surface area (Å²) in [6.45, 7) is 3.98. The maximum absolute atomic E-state index is 10.3. The highest BCUT2D eigenvalue weighted by Gasteiger charge is 2.09. The minimum atomic E-state index is -0.481. The van der Waals surface area contributed by atoms with Crippen molar-refractivity contribution in [1.29, 1.82) is 0 Å². The first kappa shape index (κ1) is 14.5. The lowest BCUT2D eigenvalue weighted by Crippen LogP contribution is -2.06. The molecule has 1 heterocycles. The average molecular weight is 271 g/mol. The molecule has 0 aliphatic rings. The van der Waals surface area contributed by atoms with Gasteiger partial charge < -0.3 is 9.84 Å². The Labute approximate surface area is 120 Å². The smallest absolute Gasteiger partial charge is 0.120 e. The molecule has 20 heavy (non-hydrogen) atoms. The topological polar surface area (TPSA) is 42.4 Å². The fourth-order valence-corrected chi connectivity index (χ4v) is 2.08. The van der Waals surface area contributed by atoms with E-state index in [1.54, 1.807) is 6.20 Å². The Bertz CT molecular complexity index is 526. The van der Waals surface area contributed by atoms with Crippen LogP contribution in [-0.2, 0) is 6.42 Å². The molecule has 2 rings (SSSR count). The zero-order valence-corrected chi connectivity index (χ0v) is 12.0. The number of ether oxygens (including phenoxy) is 1. The van der Waals surface area contributed by atoms with E-state index < -0.39 is 6.10 Å². The predicted molar refractivity (Wildman–Crippen MR) is 79.7 cm³/mol. The lowest BCUT2D eigenvalue weighted by molar-refractivity contribution is 0.166. The van der Waals surface area contributed by atoms with Crippen LogP contribution in [0.5, 0.6) is 5.75 Å². The van der Waals surface area contributed by atoms with Gasteiger partial charge in [-0.3, -0.25) is 4.98 Å². The van der Waals surface area contributed by atoms with Crippen LogP contribution in [0.25, 0.3) is 0 Å². The fraction of sp³-hybridized carbons (Fsp3) is 0.353. The number of hydrogen-bond acceptors (Lipinski definition) is 3. The Morgan fingerprint density at radius 2 is 2.05 bits per heavy atom. The summed E-state index contributed by atoms with van der Waals surface area (Å²) in [5, 5.41) is 10.3. The second-order valence-corrected chi connectivity index (χ2v) is 5.15. The number of aryl methyl sites for hydroxylation is 1. The van der Waals surface area contributed by atoms with Crippen LogP contribution in [0, 0.1) is 0 Å². The van der Waals surface area contributed by atoms with Gasteiger partial charge in [-0.05, 0) is 56.0 Å². The highest BCUT2D eigenvalue weighted by Crippen LogP contribution is 2.23. The number of pyridine rings is 1. The van der Waals surface area contributed by atoms with Gasteiger partial charge in [0.2, 0.25) is 0 Å². The minimum Gasteiger partial charge on any atom is -0.491 e. The second-order valence-electron chi connectivity index (χ2n) is 5.15. The van der Waals surface area contributed by atoms with E-state index in [4.69, 9.17) is 4.74 Å². The molecule has 3 nitrogen and oxygen atoms in total. The molecule has 0 bridgehead atoms. The van der Waals surface area contributed by atoms with Crippen molar-refractivity contribution in [3.63, 3.8) is 0 Å². The molecule has 3 heteroatoms. The van der Waals surface area contributed by atoms with Crippen LogP contribution in [0.1, 0.15) is 37.5 Å². The Hall–Kier alpha value is -1.87. The predicted octanol–water partition coefficient (Wildman–Crippen LogP) is 3.54. The van der Waals surface area contributed by atoms with Crippen molar-refractivity contribution in [3.8, 4) is 5.75 Å². The molecule has 1 aromatic carbocycles. The second kappa shape index (κ2) is 7.06. The third-order valence-electron chi connectivity index (χ3n) is 3.04. The Balaban J connectivity index is 1.96. The van der Waals surface area contributed by atoms with E-state index in [-0.39, 0.29) is 6.10 Å². The lowest BCUT2D eigenvalue weighted by Gasteiger charge is -2.14. The summed E-state index contributed by atoms with van der Waals surface area (Å²) in [5.41, 5.74) is 2.04. The molecule has 1 unspecified atom stereocenters. The van der Waals surface area contributed by atoms with Gasteiger partial charge in [-0.1, -0.05) is 18.2 Å². The maximum Gasteiger partial charge on any atom is 0.120 e. The van der Waals surface area contributed by atoms with Crippen molar-refractivity contribution in [3.05, 3.63) is 59.9 Å². The van der Waals surface area contributed by atoms with Gasteiger partial charge in [-0.2, -0.15) is 0 Å². The minimum absolute atomic E-state index is 0.137. The van der Waals surface area contributed by atoms with Gasteiger partial charge in [-0.25, -0.2) is 0 Å². The summed E-state index contributed by atoms with van der Waals surface area (Å²) in [6, 6.07) is 11.6. The van der Waals surface area contributed by atoms with Gasteiger partial charge in [-0.15, -0.1) is 0 Å². The van der Waals surface area contributed by atoms with Crippen LogP contribution in [0.3, 0.4) is 0 Å². The van der Waals surface area contributed by atoms with E-state index in [0.29, 0.717) is 6.42 Å². The van der Waals surface area contributed by atoms with E-state index in [1.165, 1.54) is 0 Å². The van der Waals surface area contributed by atoms with E-state index in [0.717, 1.165) is 23.3 Å². The van der Waals surface area contributed by atoms with E-state index in [1.807, 2.05) is 56.4 Å². The Kier molecular flexibility index (Phi) is 5.13. The van der Waals surface area contributed by atoms with Gasteiger partial charge in [0.25, 0.3) is 0 Å². The summed E-state index contributed by atoms with van der Waals surface area (Å²) >= 11 is 0. The van der Waals surface area contributed by atoms with Gasteiger partial charge in [0.05, 0.1) is 12.2 Å². The highest BCUT2D eigenvalue weighted by molar-refractivity contribution is 5.30. The largest absolute Gasteiger partial charge is 0.491 e. The summed E-state index contributed by atoms with van der Waals surface area (Å²) in [5.74, 6) is 0.804. The number of aliphatic hydroxyl groups excluding tert-OH is 1. The zero-order valence-electron chi connectivity index (χ0n) is 12.0. The Morgan fingerprint density at radius 3 is 2.75 bits per heavy atom. The van der Waals surface area contributed by atoms with Gasteiger partial charge in [0.1, 0.15) is 5.75 Å². The van der Waals surface area contributed by atoms with Crippen LogP contribution in [0.2, 0.25) is 0 Å². The molecule has 1 atom stereocenters. The molecular weight excluding hydrogens is 250 g/mol. The number of rotatable bonds is 6. The van der Waals surface area contributed by atoms with E-state index in [9.17, 15) is 5.11 Å². The van der Waals surface area contributed by atoms with Crippen LogP contribution >= 0.6 is 0 Å². The third-order valence-corrected chi connectivity index (χ3v) is 3.04. The molecule has 2 aromatic rings. The molecule has 106 valence electrons. The number of hydrogen-bond donors (Lipinski definition) is 1. The normalized spacial score (nSPS) is 12.4. The quantitative estimate of drug-likeness (QED) is 0.874. The molecule has 0 spiro atoms. The lowest BCUT2D eigenvalue weighted by atomic mass is 10.0. The van der Waals surface area contributed by atoms with E-state index >= 15 is 0 Å². The zero-order chi connectivity index (χ0) is 14.4. The van der Waals surface area contributed by atoms with Crippen LogP contribution in [0.4, 0.5) is 0 Å². The van der Waals surface area contributed by atoms with Crippen molar-refractivity contribution in [2.75, 3.05) is 0 Å². The summed E-state index contributed by atoms with van der Waals surface area (Å²) in [7, 11) is 0. The first-order valence-corrected chi connectivity index (χ1v) is 6.98. The number of benzene rings is 1. The maximum atomic E-state index is 10.3. The molecule has 0 fully saturated rings. The van der Waals surface area contributed by atoms with Crippen molar-refractivity contribution in [2.24, 2.45) is 0 Å². The van der Waals surface area contributed by atoms with Crippen molar-refractivity contribution in [1.82, 2.24) is 4.98 Å². The molecule has 0 radical (unpaired) electrons. The van der Waals surface area contributed by atoms with Crippen molar-refractivity contribution >= 4 is 0 Å². The monoisotopic (exact) mass is 271 g/mol. The van der Waals surface area contributed by atoms with Crippen molar-refractivity contribution in [2.45, 2.75) is 38.9 Å². The summed E-state index contributed by atoms with van der Waals surface area (Å²) in [6.07, 6.45) is 4.74. The van der Waals surface area contributed by atoms with Crippen LogP contribution in [-0.4, -0.2) is 16.2 Å². The fourth-order valence-electron chi connectivity index (χ4n) is 2.08. The molecular formula is C17H21NO2. The molecule has 1 aromatic heterocycles. The molecule has 1 N–H and O–H groups in total. The first-order chi connectivity index (χ1) is 9.65. The summed E-state index contributed by atoms with van der Waals surface area (Å²) < 4.78 is 5.65. The first-order valence-electron chi connectivity index (χ1n) is 6.98. The molecule has 0 saturated heterocycles. The van der Waals surface area contributed by atoms with Crippen LogP contribution < -0.4 is 4.74 Å². The number of aliphatic hydroxyl groups is 1. The summed E-state index contributed by atoms with van der Waals surface area (Å²) in [4.78, 5) is 4.08. The molecule has 0 amide bonds. The van der Waals surface area contributed by atoms with Gasteiger partial charge in [0, 0.05) is 12.4 Å². The molecule has 0 aliphatic heterocycles. The Morgan fingerprint density at radius 1 is 1.20 bits per heavy atom. The third kappa shape index (κ3) is 4.35. The average Bonchev–Trinajstić information content (AvgIpc) is 2.45. The standard InChI is InChI=1S/C17H21NO2/c1-13(2)20-16-7-3-6-15(11-16)17(19)9-8-14-5-4-10-18-12-14/h3-7,10-13,17,19H,8-9H2,1-2H3. The number of nitrogens with zero attached hydrogens (tertiary/aromatic N) is 1. The highest BCUT2D eigenvalue weighted by atomic mass is 16.5. The van der Waals surface area contributed by atoms with Gasteiger partial charge in [0.15, 0.2) is 0 Å². The number of aromatic nitrogens is 1. The van der Waals surface area contributed by atoms with Crippen LogP contribution in [0.15, 0.2) is 48.8 Å². The molecule has 0 saturated carbocycles. The SMILES string of the molecule is CC(C)Oc1cccc(C(O)CCc2cccnc2)c1. The van der Waals surface area contributed by atoms with Gasteiger partial charge >= 0.3 is 0 Å². The molecule has 0 aliphatic carbocycles. The van der Waals surface area contributed by atoms with Crippen molar-refractivity contribution < 1.29 is 9.84 Å².